The van der Waals surface area contributed by atoms with Crippen molar-refractivity contribution < 1.29 is 9.21 Å². The zero-order valence-electron chi connectivity index (χ0n) is 19.2. The predicted molar refractivity (Wildman–Crippen MR) is 142 cm³/mol. The van der Waals surface area contributed by atoms with Gasteiger partial charge in [-0.3, -0.25) is 14.2 Å². The summed E-state index contributed by atoms with van der Waals surface area (Å²) < 4.78 is 6.90. The molecule has 0 aliphatic heterocycles. The van der Waals surface area contributed by atoms with Gasteiger partial charge in [0, 0.05) is 4.88 Å². The molecule has 7 nitrogen and oxygen atoms in total. The molecule has 3 aromatic heterocycles. The van der Waals surface area contributed by atoms with Crippen LogP contribution in [0.4, 0.5) is 0 Å². The van der Waals surface area contributed by atoms with Gasteiger partial charge in [-0.25, -0.2) is 10.4 Å². The van der Waals surface area contributed by atoms with Crippen molar-refractivity contribution in [1.82, 2.24) is 15.0 Å². The van der Waals surface area contributed by atoms with Crippen molar-refractivity contribution in [2.75, 3.05) is 5.75 Å². The first-order valence-corrected chi connectivity index (χ1v) is 13.2. The van der Waals surface area contributed by atoms with Gasteiger partial charge < -0.3 is 4.42 Å². The lowest BCUT2D eigenvalue weighted by atomic mass is 9.97. The number of aromatic nitrogens is 2. The summed E-state index contributed by atoms with van der Waals surface area (Å²) in [7, 11) is 0. The van der Waals surface area contributed by atoms with E-state index in [4.69, 9.17) is 9.40 Å². The average Bonchev–Trinajstić information content (AvgIpc) is 3.50. The van der Waals surface area contributed by atoms with Crippen LogP contribution in [0.1, 0.15) is 36.0 Å². The van der Waals surface area contributed by atoms with Crippen LogP contribution >= 0.6 is 23.1 Å². The minimum absolute atomic E-state index is 0.0692. The van der Waals surface area contributed by atoms with Gasteiger partial charge in [-0.15, -0.1) is 11.3 Å². The van der Waals surface area contributed by atoms with Crippen LogP contribution < -0.4 is 11.0 Å². The highest BCUT2D eigenvalue weighted by molar-refractivity contribution is 7.99. The normalized spacial score (nSPS) is 13.9. The molecule has 3 heterocycles. The highest BCUT2D eigenvalue weighted by atomic mass is 32.2. The third-order valence-electron chi connectivity index (χ3n) is 5.68. The smallest absolute Gasteiger partial charge is 0.267 e. The monoisotopic (exact) mass is 504 g/mol. The van der Waals surface area contributed by atoms with E-state index in [-0.39, 0.29) is 17.2 Å². The molecular weight excluding hydrogens is 480 g/mol. The van der Waals surface area contributed by atoms with Crippen LogP contribution in [0.3, 0.4) is 0 Å². The highest BCUT2D eigenvalue weighted by Crippen LogP contribution is 2.35. The number of hydrogen-bond donors (Lipinski definition) is 1. The Balaban J connectivity index is 1.38. The average molecular weight is 505 g/mol. The van der Waals surface area contributed by atoms with Crippen LogP contribution in [-0.2, 0) is 17.6 Å². The standard InChI is InChI=1S/C26H24N4O3S2/c1-17(14-19-10-7-13-33-19)15-27-29-22(31)16-34-26-28-24-23(20-11-5-6-12-21(20)35-24)25(32)30(26)18-8-3-2-4-9-18/h2-4,7-10,13-15H,5-6,11-12,16H2,1H3,(H,29,31)/b17-14-,27-15-. The molecular formula is C26H24N4O3S2. The van der Waals surface area contributed by atoms with E-state index < -0.39 is 0 Å². The fraction of sp³-hybridized carbons (Fsp3) is 0.231. The molecule has 4 aromatic rings. The summed E-state index contributed by atoms with van der Waals surface area (Å²) in [4.78, 5) is 33.0. The molecule has 9 heteroatoms. The molecule has 1 amide bonds. The first-order valence-electron chi connectivity index (χ1n) is 11.4. The summed E-state index contributed by atoms with van der Waals surface area (Å²) in [5.41, 5.74) is 5.19. The van der Waals surface area contributed by atoms with Crippen LogP contribution in [0.2, 0.25) is 0 Å². The summed E-state index contributed by atoms with van der Waals surface area (Å²) in [5, 5.41) is 5.25. The highest BCUT2D eigenvalue weighted by Gasteiger charge is 2.23. The molecule has 35 heavy (non-hydrogen) atoms. The molecule has 0 fully saturated rings. The molecule has 5 rings (SSSR count). The lowest BCUT2D eigenvalue weighted by Crippen LogP contribution is -2.24. The molecule has 1 aliphatic rings. The summed E-state index contributed by atoms with van der Waals surface area (Å²) in [6.45, 7) is 1.87. The molecule has 0 bridgehead atoms. The lowest BCUT2D eigenvalue weighted by molar-refractivity contribution is -0.118. The maximum Gasteiger partial charge on any atom is 0.267 e. The van der Waals surface area contributed by atoms with Crippen LogP contribution in [-0.4, -0.2) is 27.4 Å². The van der Waals surface area contributed by atoms with Gasteiger partial charge in [-0.1, -0.05) is 30.0 Å². The van der Waals surface area contributed by atoms with Crippen molar-refractivity contribution in [1.29, 1.82) is 0 Å². The van der Waals surface area contributed by atoms with Gasteiger partial charge in [-0.05, 0) is 74.1 Å². The number of allylic oxidation sites excluding steroid dienone is 1. The van der Waals surface area contributed by atoms with E-state index in [9.17, 15) is 9.59 Å². The summed E-state index contributed by atoms with van der Waals surface area (Å²) in [6.07, 6.45) is 9.14. The third-order valence-corrected chi connectivity index (χ3v) is 7.80. The molecule has 0 saturated heterocycles. The van der Waals surface area contributed by atoms with E-state index in [0.717, 1.165) is 52.7 Å². The summed E-state index contributed by atoms with van der Waals surface area (Å²) >= 11 is 2.84. The van der Waals surface area contributed by atoms with Crippen molar-refractivity contribution >= 4 is 51.5 Å². The summed E-state index contributed by atoms with van der Waals surface area (Å²) in [6, 6.07) is 13.1. The lowest BCUT2D eigenvalue weighted by Gasteiger charge is -2.13. The summed E-state index contributed by atoms with van der Waals surface area (Å²) in [5.74, 6) is 0.511. The molecule has 0 saturated carbocycles. The molecule has 1 aromatic carbocycles. The van der Waals surface area contributed by atoms with Gasteiger partial charge in [-0.2, -0.15) is 5.10 Å². The van der Waals surface area contributed by atoms with Gasteiger partial charge in [0.05, 0.1) is 29.3 Å². The fourth-order valence-electron chi connectivity index (χ4n) is 4.09. The number of rotatable bonds is 7. The van der Waals surface area contributed by atoms with E-state index in [2.05, 4.69) is 10.5 Å². The van der Waals surface area contributed by atoms with E-state index in [1.807, 2.05) is 49.4 Å². The second-order valence-corrected chi connectivity index (χ2v) is 10.3. The zero-order valence-corrected chi connectivity index (χ0v) is 20.8. The maximum atomic E-state index is 13.7. The number of nitrogens with zero attached hydrogens (tertiary/aromatic N) is 3. The van der Waals surface area contributed by atoms with Crippen molar-refractivity contribution in [2.24, 2.45) is 5.10 Å². The minimum atomic E-state index is -0.281. The first kappa shape index (κ1) is 23.3. The maximum absolute atomic E-state index is 13.7. The molecule has 0 spiro atoms. The number of furan rings is 1. The van der Waals surface area contributed by atoms with Crippen LogP contribution in [0.5, 0.6) is 0 Å². The Kier molecular flexibility index (Phi) is 6.96. The van der Waals surface area contributed by atoms with E-state index >= 15 is 0 Å². The Morgan fingerprint density at radius 3 is 2.86 bits per heavy atom. The van der Waals surface area contributed by atoms with Crippen LogP contribution in [0.15, 0.2) is 73.8 Å². The third kappa shape index (κ3) is 5.16. The van der Waals surface area contributed by atoms with Crippen LogP contribution in [0, 0.1) is 0 Å². The molecule has 0 radical (unpaired) electrons. The number of thiophene rings is 1. The second-order valence-electron chi connectivity index (χ2n) is 8.25. The van der Waals surface area contributed by atoms with Gasteiger partial charge in [0.15, 0.2) is 5.16 Å². The van der Waals surface area contributed by atoms with Crippen molar-refractivity contribution in [3.8, 4) is 5.69 Å². The van der Waals surface area contributed by atoms with Crippen molar-refractivity contribution in [2.45, 2.75) is 37.8 Å². The number of nitrogens with one attached hydrogen (secondary N) is 1. The van der Waals surface area contributed by atoms with E-state index in [1.165, 1.54) is 16.6 Å². The Hall–Kier alpha value is -3.43. The number of para-hydroxylation sites is 1. The minimum Gasteiger partial charge on any atom is -0.465 e. The quantitative estimate of drug-likeness (QED) is 0.161. The van der Waals surface area contributed by atoms with Crippen molar-refractivity contribution in [3.05, 3.63) is 80.9 Å². The number of carbonyl (C=O) groups is 1. The second kappa shape index (κ2) is 10.5. The van der Waals surface area contributed by atoms with E-state index in [1.54, 1.807) is 34.4 Å². The van der Waals surface area contributed by atoms with Gasteiger partial charge in [0.1, 0.15) is 10.6 Å². The molecule has 1 aliphatic carbocycles. The first-order chi connectivity index (χ1) is 17.1. The molecule has 0 atom stereocenters. The number of thioether (sulfide) groups is 1. The number of amides is 1. The Labute approximate surface area is 210 Å². The van der Waals surface area contributed by atoms with Gasteiger partial charge in [0.25, 0.3) is 11.5 Å². The molecule has 0 unspecified atom stereocenters. The Bertz CT molecular complexity index is 1470. The van der Waals surface area contributed by atoms with Crippen molar-refractivity contribution in [3.63, 3.8) is 0 Å². The largest absolute Gasteiger partial charge is 0.465 e. The number of hydrogen-bond acceptors (Lipinski definition) is 7. The predicted octanol–water partition coefficient (Wildman–Crippen LogP) is 5.22. The van der Waals surface area contributed by atoms with Crippen LogP contribution in [0.25, 0.3) is 22.0 Å². The number of benzene rings is 1. The fourth-order valence-corrected chi connectivity index (χ4v) is 6.20. The molecule has 178 valence electrons. The Morgan fingerprint density at radius 1 is 1.23 bits per heavy atom. The van der Waals surface area contributed by atoms with Gasteiger partial charge in [0.2, 0.25) is 0 Å². The number of aryl methyl sites for hydroxylation is 2. The number of fused-ring (bicyclic) bond motifs is 3. The SMILES string of the molecule is CC(/C=N\NC(=O)CSc1nc2sc3c(c2c(=O)n1-c1ccccc1)CCCC3)=C/c1ccco1. The number of carbonyl (C=O) groups excluding carboxylic acids is 1. The topological polar surface area (TPSA) is 89.5 Å². The number of hydrazone groups is 1. The molecule has 1 N–H and O–H groups in total. The van der Waals surface area contributed by atoms with Gasteiger partial charge >= 0.3 is 0 Å². The Morgan fingerprint density at radius 2 is 2.06 bits per heavy atom. The van der Waals surface area contributed by atoms with E-state index in [0.29, 0.717) is 10.9 Å². The zero-order chi connectivity index (χ0) is 24.2.